The summed E-state index contributed by atoms with van der Waals surface area (Å²) in [4.78, 5) is 9.67. The summed E-state index contributed by atoms with van der Waals surface area (Å²) in [5.74, 6) is -0.00980. The van der Waals surface area contributed by atoms with Crippen LogP contribution in [0, 0.1) is 5.92 Å². The number of alkyl halides is 3. The van der Waals surface area contributed by atoms with Crippen molar-refractivity contribution in [2.45, 2.75) is 6.18 Å². The molecule has 27 heavy (non-hydrogen) atoms. The van der Waals surface area contributed by atoms with Gasteiger partial charge < -0.3 is 5.73 Å². The molecule has 0 aromatic carbocycles. The molecule has 0 fully saturated rings. The largest absolute Gasteiger partial charge is 0.416 e. The number of rotatable bonds is 1. The van der Waals surface area contributed by atoms with Crippen LogP contribution < -0.4 is 5.73 Å². The normalized spacial score (nSPS) is 25.2. The molecule has 8 heteroatoms. The van der Waals surface area contributed by atoms with E-state index in [9.17, 15) is 13.2 Å². The van der Waals surface area contributed by atoms with E-state index in [1.165, 1.54) is 29.2 Å². The molecule has 1 aliphatic carbocycles. The van der Waals surface area contributed by atoms with Gasteiger partial charge in [0.1, 0.15) is 0 Å². The summed E-state index contributed by atoms with van der Waals surface area (Å²) in [7, 11) is 0. The number of thiophene rings is 1. The maximum absolute atomic E-state index is 13.3. The number of nitrogens with two attached hydrogens (primary N) is 1. The van der Waals surface area contributed by atoms with Crippen LogP contribution in [0.2, 0.25) is 0 Å². The summed E-state index contributed by atoms with van der Waals surface area (Å²) >= 11 is 2.82. The van der Waals surface area contributed by atoms with Crippen LogP contribution in [0.5, 0.6) is 0 Å². The third-order valence-corrected chi connectivity index (χ3v) is 5.45. The van der Waals surface area contributed by atoms with Crippen LogP contribution in [0.25, 0.3) is 0 Å². The average molecular weight is 407 g/mol. The van der Waals surface area contributed by atoms with Gasteiger partial charge in [0.05, 0.1) is 38.5 Å². The highest BCUT2D eigenvalue weighted by Gasteiger charge is 2.33. The topological polar surface area (TPSA) is 50.7 Å². The van der Waals surface area contributed by atoms with Crippen LogP contribution in [0.15, 0.2) is 81.5 Å². The molecule has 2 aliphatic rings. The standard InChI is InChI=1S/C19H16F3N3S2/c1-12-7-8-26-11-16(17-5-6-18(23)27-17)25-15-9-14(19(20,21)22)4-2-3-13(15)10-24-12/h2-10,13H,1,11,23H2/b8-7-,24-10+,25-16+. The quantitative estimate of drug-likeness (QED) is 0.666. The Labute approximate surface area is 163 Å². The zero-order valence-corrected chi connectivity index (χ0v) is 15.7. The van der Waals surface area contributed by atoms with E-state index in [1.54, 1.807) is 24.4 Å². The molecule has 3 nitrogen and oxygen atoms in total. The Morgan fingerprint density at radius 3 is 2.78 bits per heavy atom. The van der Waals surface area contributed by atoms with Crippen LogP contribution in [-0.2, 0) is 0 Å². The SMILES string of the molecule is C=C1/C=C\SC/C(c2ccc(N)s2)=N\C2=CC(C(F)(F)F)=CC=CC2/C=N/1. The third kappa shape index (κ3) is 5.11. The minimum Gasteiger partial charge on any atom is -0.391 e. The lowest BCUT2D eigenvalue weighted by atomic mass is 10.1. The molecule has 3 rings (SSSR count). The molecule has 0 saturated carbocycles. The van der Waals surface area contributed by atoms with Crippen molar-refractivity contribution < 1.29 is 13.2 Å². The van der Waals surface area contributed by atoms with E-state index < -0.39 is 17.7 Å². The van der Waals surface area contributed by atoms with Crippen molar-refractivity contribution >= 4 is 40.0 Å². The van der Waals surface area contributed by atoms with E-state index in [-0.39, 0.29) is 5.70 Å². The molecule has 0 amide bonds. The Kier molecular flexibility index (Phi) is 5.86. The van der Waals surface area contributed by atoms with Crippen molar-refractivity contribution in [1.82, 2.24) is 0 Å². The molecule has 2 N–H and O–H groups in total. The maximum Gasteiger partial charge on any atom is 0.416 e. The van der Waals surface area contributed by atoms with Gasteiger partial charge in [0.25, 0.3) is 0 Å². The summed E-state index contributed by atoms with van der Waals surface area (Å²) in [6.45, 7) is 3.83. The van der Waals surface area contributed by atoms with E-state index in [0.717, 1.165) is 17.0 Å². The average Bonchev–Trinajstić information content (AvgIpc) is 2.90. The second kappa shape index (κ2) is 8.14. The number of hydrogen-bond donors (Lipinski definition) is 1. The zero-order chi connectivity index (χ0) is 19.4. The zero-order valence-electron chi connectivity index (χ0n) is 14.1. The van der Waals surface area contributed by atoms with Crippen molar-refractivity contribution in [3.05, 3.63) is 76.3 Å². The fraction of sp³-hybridized carbons (Fsp3) is 0.158. The Bertz CT molecular complexity index is 915. The predicted molar refractivity (Wildman–Crippen MR) is 109 cm³/mol. The number of nitrogen functional groups attached to an aromatic ring is 1. The summed E-state index contributed by atoms with van der Waals surface area (Å²) in [5, 5.41) is 2.47. The highest BCUT2D eigenvalue weighted by Crippen LogP contribution is 2.32. The maximum atomic E-state index is 13.3. The van der Waals surface area contributed by atoms with Crippen molar-refractivity contribution in [1.29, 1.82) is 0 Å². The number of hydrogen-bond acceptors (Lipinski definition) is 5. The molecule has 0 bridgehead atoms. The van der Waals surface area contributed by atoms with Gasteiger partial charge in [-0.1, -0.05) is 24.8 Å². The highest BCUT2D eigenvalue weighted by molar-refractivity contribution is 8.02. The van der Waals surface area contributed by atoms with Gasteiger partial charge in [0, 0.05) is 12.0 Å². The molecule has 1 aromatic heterocycles. The Hall–Kier alpha value is -2.32. The van der Waals surface area contributed by atoms with Gasteiger partial charge in [0.2, 0.25) is 0 Å². The number of anilines is 1. The van der Waals surface area contributed by atoms with Crippen LogP contribution in [0.1, 0.15) is 4.88 Å². The van der Waals surface area contributed by atoms with Crippen LogP contribution in [0.4, 0.5) is 18.2 Å². The van der Waals surface area contributed by atoms with E-state index in [1.807, 2.05) is 11.5 Å². The second-order valence-corrected chi connectivity index (χ2v) is 7.75. The predicted octanol–water partition coefficient (Wildman–Crippen LogP) is 5.52. The van der Waals surface area contributed by atoms with Crippen molar-refractivity contribution in [3.63, 3.8) is 0 Å². The van der Waals surface area contributed by atoms with E-state index in [4.69, 9.17) is 5.73 Å². The molecular formula is C19H16F3N3S2. The summed E-state index contributed by atoms with van der Waals surface area (Å²) in [6.07, 6.45) is 4.00. The van der Waals surface area contributed by atoms with Crippen LogP contribution in [0.3, 0.4) is 0 Å². The van der Waals surface area contributed by atoms with Gasteiger partial charge in [-0.3, -0.25) is 9.98 Å². The minimum absolute atomic E-state index is 0.272. The minimum atomic E-state index is -4.46. The van der Waals surface area contributed by atoms with Crippen LogP contribution in [-0.4, -0.2) is 23.9 Å². The molecule has 0 saturated heterocycles. The number of thioether (sulfide) groups is 1. The first-order chi connectivity index (χ1) is 12.8. The van der Waals surface area contributed by atoms with Gasteiger partial charge in [-0.05, 0) is 29.7 Å². The molecule has 0 spiro atoms. The molecule has 2 heterocycles. The fourth-order valence-corrected chi connectivity index (χ4v) is 3.97. The Morgan fingerprint density at radius 2 is 2.07 bits per heavy atom. The lowest BCUT2D eigenvalue weighted by Crippen LogP contribution is -2.12. The van der Waals surface area contributed by atoms with Gasteiger partial charge in [-0.25, -0.2) is 0 Å². The smallest absolute Gasteiger partial charge is 0.391 e. The van der Waals surface area contributed by atoms with E-state index >= 15 is 0 Å². The summed E-state index contributed by atoms with van der Waals surface area (Å²) in [5.41, 5.74) is 6.52. The number of allylic oxidation sites excluding steroid dienone is 6. The molecular weight excluding hydrogens is 391 g/mol. The first kappa shape index (κ1) is 19.4. The Morgan fingerprint density at radius 1 is 1.26 bits per heavy atom. The molecule has 1 unspecified atom stereocenters. The highest BCUT2D eigenvalue weighted by atomic mass is 32.2. The molecule has 1 atom stereocenters. The van der Waals surface area contributed by atoms with Gasteiger partial charge in [-0.2, -0.15) is 13.2 Å². The second-order valence-electron chi connectivity index (χ2n) is 5.74. The third-order valence-electron chi connectivity index (χ3n) is 3.72. The van der Waals surface area contributed by atoms with Crippen molar-refractivity contribution in [2.24, 2.45) is 15.9 Å². The molecule has 1 aromatic rings. The van der Waals surface area contributed by atoms with Crippen molar-refractivity contribution in [2.75, 3.05) is 11.5 Å². The fourth-order valence-electron chi connectivity index (χ4n) is 2.39. The van der Waals surface area contributed by atoms with Gasteiger partial charge in [0.15, 0.2) is 0 Å². The summed E-state index contributed by atoms with van der Waals surface area (Å²) in [6, 6.07) is 3.59. The summed E-state index contributed by atoms with van der Waals surface area (Å²) < 4.78 is 39.9. The number of nitrogens with zero attached hydrogens (tertiary/aromatic N) is 2. The van der Waals surface area contributed by atoms with Gasteiger partial charge in [-0.15, -0.1) is 23.1 Å². The van der Waals surface area contributed by atoms with Gasteiger partial charge >= 0.3 is 6.18 Å². The monoisotopic (exact) mass is 407 g/mol. The number of aliphatic imine (C=N–C) groups is 2. The van der Waals surface area contributed by atoms with E-state index in [0.29, 0.717) is 22.2 Å². The van der Waals surface area contributed by atoms with E-state index in [2.05, 4.69) is 16.6 Å². The molecule has 1 aliphatic heterocycles. The molecule has 140 valence electrons. The number of fused-ring (bicyclic) bond motifs is 1. The van der Waals surface area contributed by atoms with Crippen molar-refractivity contribution in [3.8, 4) is 0 Å². The first-order valence-electron chi connectivity index (χ1n) is 7.95. The first-order valence-corrected chi connectivity index (χ1v) is 9.81. The Balaban J connectivity index is 2.12. The lowest BCUT2D eigenvalue weighted by molar-refractivity contribution is -0.0882. The lowest BCUT2D eigenvalue weighted by Gasteiger charge is -2.12. The molecule has 0 radical (unpaired) electrons. The number of halogens is 3. The van der Waals surface area contributed by atoms with Crippen LogP contribution >= 0.6 is 23.1 Å².